The summed E-state index contributed by atoms with van der Waals surface area (Å²) in [7, 11) is 0. The van der Waals surface area contributed by atoms with Crippen LogP contribution in [0.15, 0.2) is 86.0 Å². The molecular weight excluding hydrogens is 308 g/mol. The molecule has 2 aromatic carbocycles. The van der Waals surface area contributed by atoms with Gasteiger partial charge in [0.05, 0.1) is 16.8 Å². The Morgan fingerprint density at radius 3 is 2.28 bits per heavy atom. The minimum atomic E-state index is -0.0458. The van der Waals surface area contributed by atoms with Crippen molar-refractivity contribution in [2.45, 2.75) is 0 Å². The van der Waals surface area contributed by atoms with E-state index < -0.39 is 0 Å². The Morgan fingerprint density at radius 2 is 1.60 bits per heavy atom. The van der Waals surface area contributed by atoms with Gasteiger partial charge in [0.1, 0.15) is 0 Å². The van der Waals surface area contributed by atoms with Crippen LogP contribution in [0.1, 0.15) is 10.4 Å². The number of para-hydroxylation sites is 1. The van der Waals surface area contributed by atoms with Crippen molar-refractivity contribution in [1.82, 2.24) is 9.88 Å². The number of aromatic nitrogens is 1. The highest BCUT2D eigenvalue weighted by Gasteiger charge is 2.18. The zero-order valence-corrected chi connectivity index (χ0v) is 14.1. The third-order valence-electron chi connectivity index (χ3n) is 4.00. The summed E-state index contributed by atoms with van der Waals surface area (Å²) in [5.41, 5.74) is 3.23. The van der Waals surface area contributed by atoms with E-state index >= 15 is 0 Å². The monoisotopic (exact) mass is 328 g/mol. The summed E-state index contributed by atoms with van der Waals surface area (Å²) in [5.74, 6) is -0.0458. The Bertz CT molecular complexity index is 906. The Labute approximate surface area is 147 Å². The third-order valence-corrected chi connectivity index (χ3v) is 4.00. The Kier molecular flexibility index (Phi) is 5.05. The van der Waals surface area contributed by atoms with Gasteiger partial charge in [-0.15, -0.1) is 13.2 Å². The Balaban J connectivity index is 2.17. The first-order valence-electron chi connectivity index (χ1n) is 8.21. The first kappa shape index (κ1) is 16.7. The lowest BCUT2D eigenvalue weighted by Gasteiger charge is -2.20. The molecular formula is C22H20N2O. The smallest absolute Gasteiger partial charge is 0.255 e. The van der Waals surface area contributed by atoms with E-state index in [2.05, 4.69) is 13.2 Å². The lowest BCUT2D eigenvalue weighted by molar-refractivity contribution is 0.0793. The summed E-state index contributed by atoms with van der Waals surface area (Å²) in [6, 6.07) is 19.5. The third kappa shape index (κ3) is 3.50. The predicted molar refractivity (Wildman–Crippen MR) is 103 cm³/mol. The van der Waals surface area contributed by atoms with Crippen LogP contribution in [0.3, 0.4) is 0 Å². The van der Waals surface area contributed by atoms with Crippen molar-refractivity contribution in [3.63, 3.8) is 0 Å². The number of nitrogens with zero attached hydrogens (tertiary/aromatic N) is 2. The van der Waals surface area contributed by atoms with E-state index in [4.69, 9.17) is 4.98 Å². The number of carbonyl (C=O) groups is 1. The molecule has 1 amide bonds. The number of hydrogen-bond donors (Lipinski definition) is 0. The quantitative estimate of drug-likeness (QED) is 0.614. The summed E-state index contributed by atoms with van der Waals surface area (Å²) in [6.45, 7) is 8.44. The number of rotatable bonds is 6. The van der Waals surface area contributed by atoms with Crippen LogP contribution in [0.4, 0.5) is 0 Å². The molecule has 124 valence electrons. The number of benzene rings is 2. The van der Waals surface area contributed by atoms with E-state index in [0.29, 0.717) is 18.7 Å². The average Bonchev–Trinajstić information content (AvgIpc) is 2.67. The van der Waals surface area contributed by atoms with Gasteiger partial charge in [-0.3, -0.25) is 4.79 Å². The van der Waals surface area contributed by atoms with Crippen LogP contribution in [-0.4, -0.2) is 28.9 Å². The molecule has 0 aliphatic carbocycles. The van der Waals surface area contributed by atoms with Gasteiger partial charge in [0.2, 0.25) is 0 Å². The van der Waals surface area contributed by atoms with E-state index in [1.807, 2.05) is 60.7 Å². The van der Waals surface area contributed by atoms with Crippen LogP contribution in [0, 0.1) is 0 Å². The van der Waals surface area contributed by atoms with Crippen LogP contribution in [0.25, 0.3) is 22.2 Å². The molecule has 3 rings (SSSR count). The molecule has 0 saturated carbocycles. The molecule has 0 radical (unpaired) electrons. The summed E-state index contributed by atoms with van der Waals surface area (Å²) >= 11 is 0. The van der Waals surface area contributed by atoms with Crippen molar-refractivity contribution in [2.75, 3.05) is 13.1 Å². The maximum Gasteiger partial charge on any atom is 0.255 e. The number of pyridine rings is 1. The molecule has 0 fully saturated rings. The fraction of sp³-hybridized carbons (Fsp3) is 0.0909. The van der Waals surface area contributed by atoms with Crippen molar-refractivity contribution < 1.29 is 4.79 Å². The van der Waals surface area contributed by atoms with E-state index in [1.165, 1.54) is 0 Å². The molecule has 0 aliphatic heterocycles. The molecule has 0 saturated heterocycles. The average molecular weight is 328 g/mol. The van der Waals surface area contributed by atoms with E-state index in [9.17, 15) is 4.79 Å². The lowest BCUT2D eigenvalue weighted by Crippen LogP contribution is -2.31. The molecule has 3 nitrogen and oxygen atoms in total. The van der Waals surface area contributed by atoms with Gasteiger partial charge in [0.25, 0.3) is 5.91 Å². The molecule has 0 bridgehead atoms. The van der Waals surface area contributed by atoms with Crippen molar-refractivity contribution in [1.29, 1.82) is 0 Å². The highest BCUT2D eigenvalue weighted by molar-refractivity contribution is 6.07. The standard InChI is InChI=1S/C22H20N2O/c1-3-14-24(15-4-2)22(25)19-16-21(17-10-6-5-7-11-17)23-20-13-9-8-12-18(19)20/h3-13,16H,1-2,14-15H2. The highest BCUT2D eigenvalue weighted by Crippen LogP contribution is 2.25. The normalized spacial score (nSPS) is 10.4. The maximum absolute atomic E-state index is 13.1. The first-order chi connectivity index (χ1) is 12.2. The van der Waals surface area contributed by atoms with Gasteiger partial charge in [-0.2, -0.15) is 0 Å². The van der Waals surface area contributed by atoms with Gasteiger partial charge in [-0.1, -0.05) is 60.7 Å². The number of amides is 1. The summed E-state index contributed by atoms with van der Waals surface area (Å²) in [5, 5.41) is 0.852. The van der Waals surface area contributed by atoms with E-state index in [0.717, 1.165) is 22.2 Å². The van der Waals surface area contributed by atoms with Crippen molar-refractivity contribution in [3.8, 4) is 11.3 Å². The van der Waals surface area contributed by atoms with Gasteiger partial charge >= 0.3 is 0 Å². The molecule has 1 heterocycles. The van der Waals surface area contributed by atoms with Crippen molar-refractivity contribution in [3.05, 3.63) is 91.5 Å². The fourth-order valence-corrected chi connectivity index (χ4v) is 2.83. The van der Waals surface area contributed by atoms with Crippen LogP contribution in [-0.2, 0) is 0 Å². The summed E-state index contributed by atoms with van der Waals surface area (Å²) in [6.07, 6.45) is 3.45. The molecule has 0 spiro atoms. The van der Waals surface area contributed by atoms with E-state index in [1.54, 1.807) is 17.1 Å². The molecule has 0 aliphatic rings. The van der Waals surface area contributed by atoms with E-state index in [-0.39, 0.29) is 5.91 Å². The second-order valence-electron chi connectivity index (χ2n) is 5.73. The van der Waals surface area contributed by atoms with Gasteiger partial charge < -0.3 is 4.90 Å². The van der Waals surface area contributed by atoms with Gasteiger partial charge in [-0.05, 0) is 12.1 Å². The van der Waals surface area contributed by atoms with Crippen LogP contribution < -0.4 is 0 Å². The Hall–Kier alpha value is -3.20. The molecule has 0 N–H and O–H groups in total. The second-order valence-corrected chi connectivity index (χ2v) is 5.73. The number of carbonyl (C=O) groups excluding carboxylic acids is 1. The lowest BCUT2D eigenvalue weighted by atomic mass is 10.0. The second kappa shape index (κ2) is 7.58. The van der Waals surface area contributed by atoms with Crippen LogP contribution in [0.5, 0.6) is 0 Å². The van der Waals surface area contributed by atoms with Crippen LogP contribution in [0.2, 0.25) is 0 Å². The minimum absolute atomic E-state index is 0.0458. The summed E-state index contributed by atoms with van der Waals surface area (Å²) in [4.78, 5) is 19.6. The topological polar surface area (TPSA) is 33.2 Å². The highest BCUT2D eigenvalue weighted by atomic mass is 16.2. The summed E-state index contributed by atoms with van der Waals surface area (Å²) < 4.78 is 0. The first-order valence-corrected chi connectivity index (χ1v) is 8.21. The van der Waals surface area contributed by atoms with Gasteiger partial charge in [-0.25, -0.2) is 4.98 Å². The van der Waals surface area contributed by atoms with Crippen molar-refractivity contribution >= 4 is 16.8 Å². The van der Waals surface area contributed by atoms with Crippen LogP contribution >= 0.6 is 0 Å². The zero-order valence-electron chi connectivity index (χ0n) is 14.1. The predicted octanol–water partition coefficient (Wildman–Crippen LogP) is 4.72. The number of fused-ring (bicyclic) bond motifs is 1. The molecule has 25 heavy (non-hydrogen) atoms. The van der Waals surface area contributed by atoms with Gasteiger partial charge in [0.15, 0.2) is 0 Å². The molecule has 0 atom stereocenters. The Morgan fingerprint density at radius 1 is 0.960 bits per heavy atom. The fourth-order valence-electron chi connectivity index (χ4n) is 2.83. The number of hydrogen-bond acceptors (Lipinski definition) is 2. The molecule has 0 unspecified atom stereocenters. The van der Waals surface area contributed by atoms with Gasteiger partial charge in [0, 0.05) is 24.0 Å². The largest absolute Gasteiger partial charge is 0.331 e. The molecule has 3 heteroatoms. The zero-order chi connectivity index (χ0) is 17.6. The molecule has 1 aromatic heterocycles. The molecule has 3 aromatic rings. The van der Waals surface area contributed by atoms with Crippen molar-refractivity contribution in [2.24, 2.45) is 0 Å². The maximum atomic E-state index is 13.1. The minimum Gasteiger partial charge on any atom is -0.331 e. The SMILES string of the molecule is C=CCN(CC=C)C(=O)c1cc(-c2ccccc2)nc2ccccc12.